The number of rotatable bonds is 6. The Bertz CT molecular complexity index is 1250. The molecule has 8 heteroatoms. The van der Waals surface area contributed by atoms with E-state index in [1.165, 1.54) is 12.1 Å². The van der Waals surface area contributed by atoms with Crippen LogP contribution in [0.1, 0.15) is 49.8 Å². The van der Waals surface area contributed by atoms with Gasteiger partial charge in [-0.05, 0) is 74.9 Å². The van der Waals surface area contributed by atoms with E-state index >= 15 is 0 Å². The summed E-state index contributed by atoms with van der Waals surface area (Å²) >= 11 is 0. The van der Waals surface area contributed by atoms with Crippen molar-refractivity contribution < 1.29 is 17.6 Å². The quantitative estimate of drug-likeness (QED) is 0.560. The van der Waals surface area contributed by atoms with Crippen LogP contribution in [0.25, 0.3) is 10.9 Å². The summed E-state index contributed by atoms with van der Waals surface area (Å²) in [6.45, 7) is 3.78. The molecule has 0 spiro atoms. The van der Waals surface area contributed by atoms with Gasteiger partial charge in [-0.15, -0.1) is 0 Å². The Morgan fingerprint density at radius 1 is 1.09 bits per heavy atom. The lowest BCUT2D eigenvalue weighted by molar-refractivity contribution is -0.126. The minimum atomic E-state index is -3.74. The van der Waals surface area contributed by atoms with Crippen molar-refractivity contribution in [1.82, 2.24) is 15.0 Å². The van der Waals surface area contributed by atoms with Gasteiger partial charge in [0.25, 0.3) is 0 Å². The number of hydrogen-bond acceptors (Lipinski definition) is 4. The predicted octanol–water partition coefficient (Wildman–Crippen LogP) is 4.40. The highest BCUT2D eigenvalue weighted by Gasteiger charge is 2.30. The predicted molar refractivity (Wildman–Crippen MR) is 126 cm³/mol. The Morgan fingerprint density at radius 2 is 1.79 bits per heavy atom. The highest BCUT2D eigenvalue weighted by atomic mass is 32.2. The summed E-state index contributed by atoms with van der Waals surface area (Å²) in [5.41, 5.74) is 2.26. The van der Waals surface area contributed by atoms with Gasteiger partial charge in [0.05, 0.1) is 11.6 Å². The second-order valence-electron chi connectivity index (χ2n) is 8.79. The van der Waals surface area contributed by atoms with E-state index in [0.29, 0.717) is 31.2 Å². The number of amides is 1. The lowest BCUT2D eigenvalue weighted by atomic mass is 9.85. The highest BCUT2D eigenvalue weighted by molar-refractivity contribution is 7.89. The lowest BCUT2D eigenvalue weighted by Crippen LogP contribution is -2.41. The summed E-state index contributed by atoms with van der Waals surface area (Å²) in [6.07, 6.45) is 4.03. The average Bonchev–Trinajstić information content (AvgIpc) is 2.79. The number of nitrogens with zero attached hydrogens (tertiary/aromatic N) is 1. The summed E-state index contributed by atoms with van der Waals surface area (Å²) in [5, 5.41) is 3.78. The zero-order valence-electron chi connectivity index (χ0n) is 18.7. The van der Waals surface area contributed by atoms with E-state index in [1.807, 2.05) is 26.0 Å². The monoisotopic (exact) mass is 469 g/mol. The van der Waals surface area contributed by atoms with Gasteiger partial charge in [-0.25, -0.2) is 17.5 Å². The molecule has 0 unspecified atom stereocenters. The topological polar surface area (TPSA) is 88.2 Å². The third kappa shape index (κ3) is 5.39. The fraction of sp³-hybridized carbons (Fsp3) is 0.360. The molecule has 1 fully saturated rings. The molecule has 1 heterocycles. The lowest BCUT2D eigenvalue weighted by Gasteiger charge is -2.29. The second-order valence-corrected chi connectivity index (χ2v) is 10.5. The minimum Gasteiger partial charge on any atom is -0.349 e. The Hall–Kier alpha value is -2.84. The van der Waals surface area contributed by atoms with Crippen LogP contribution < -0.4 is 10.0 Å². The van der Waals surface area contributed by atoms with Gasteiger partial charge < -0.3 is 5.32 Å². The molecule has 4 rings (SSSR count). The third-order valence-corrected chi connectivity index (χ3v) is 7.80. The number of carbonyl (C=O) groups is 1. The summed E-state index contributed by atoms with van der Waals surface area (Å²) in [6, 6.07) is 12.7. The van der Waals surface area contributed by atoms with Gasteiger partial charge in [0.15, 0.2) is 0 Å². The van der Waals surface area contributed by atoms with Crippen molar-refractivity contribution in [2.75, 3.05) is 0 Å². The standard InChI is InChI=1S/C25H28FN3O3S/c1-16-14-20-4-3-5-23(24(20)27-15-16)33(31,32)29-22-12-8-19(9-13-22)25(30)28-17(2)18-6-10-21(26)11-7-18/h3-7,10-11,14-15,17,19,22,29H,8-9,12-13H2,1-2H3,(H,28,30)/t17-,19-,22-/m1/s1. The molecule has 1 atom stereocenters. The fourth-order valence-corrected chi connectivity index (χ4v) is 5.87. The number of halogens is 1. The second kappa shape index (κ2) is 9.57. The van der Waals surface area contributed by atoms with Crippen molar-refractivity contribution in [3.63, 3.8) is 0 Å². The molecule has 1 saturated carbocycles. The molecular weight excluding hydrogens is 441 g/mol. The van der Waals surface area contributed by atoms with Crippen LogP contribution in [0.3, 0.4) is 0 Å². The molecular formula is C25H28FN3O3S. The van der Waals surface area contributed by atoms with Crippen molar-refractivity contribution in [1.29, 1.82) is 0 Å². The van der Waals surface area contributed by atoms with Crippen molar-refractivity contribution in [2.24, 2.45) is 5.92 Å². The summed E-state index contributed by atoms with van der Waals surface area (Å²) in [5.74, 6) is -0.537. The molecule has 2 N–H and O–H groups in total. The van der Waals surface area contributed by atoms with E-state index in [1.54, 1.807) is 30.5 Å². The molecule has 2 aromatic carbocycles. The number of carbonyl (C=O) groups excluding carboxylic acids is 1. The number of benzene rings is 2. The van der Waals surface area contributed by atoms with Crippen molar-refractivity contribution in [2.45, 2.75) is 56.5 Å². The molecule has 3 aromatic rings. The molecule has 1 aliphatic carbocycles. The summed E-state index contributed by atoms with van der Waals surface area (Å²) in [4.78, 5) is 17.2. The molecule has 0 radical (unpaired) electrons. The first-order valence-electron chi connectivity index (χ1n) is 11.2. The van der Waals surface area contributed by atoms with Gasteiger partial charge in [0.2, 0.25) is 15.9 Å². The van der Waals surface area contributed by atoms with Crippen LogP contribution in [0.5, 0.6) is 0 Å². The third-order valence-electron chi connectivity index (χ3n) is 6.25. The van der Waals surface area contributed by atoms with Gasteiger partial charge in [-0.2, -0.15) is 0 Å². The first kappa shape index (κ1) is 23.3. The fourth-order valence-electron chi connectivity index (χ4n) is 4.38. The zero-order valence-corrected chi connectivity index (χ0v) is 19.5. The van der Waals surface area contributed by atoms with Crippen LogP contribution in [0.4, 0.5) is 4.39 Å². The smallest absolute Gasteiger partial charge is 0.242 e. The molecule has 174 valence electrons. The molecule has 0 aliphatic heterocycles. The van der Waals surface area contributed by atoms with Gasteiger partial charge in [0.1, 0.15) is 10.7 Å². The molecule has 0 bridgehead atoms. The largest absolute Gasteiger partial charge is 0.349 e. The number of sulfonamides is 1. The molecule has 1 aliphatic rings. The van der Waals surface area contributed by atoms with Gasteiger partial charge in [-0.3, -0.25) is 9.78 Å². The van der Waals surface area contributed by atoms with Gasteiger partial charge in [0, 0.05) is 23.5 Å². The van der Waals surface area contributed by atoms with Gasteiger partial charge >= 0.3 is 0 Å². The highest BCUT2D eigenvalue weighted by Crippen LogP contribution is 2.28. The Balaban J connectivity index is 1.36. The SMILES string of the molecule is Cc1cnc2c(S(=O)(=O)N[C@H]3CC[C@H](C(=O)N[C@H](C)c4ccc(F)cc4)CC3)cccc2c1. The van der Waals surface area contributed by atoms with Crippen molar-refractivity contribution in [3.05, 3.63) is 71.7 Å². The average molecular weight is 470 g/mol. The van der Waals surface area contributed by atoms with E-state index in [0.717, 1.165) is 16.5 Å². The summed E-state index contributed by atoms with van der Waals surface area (Å²) in [7, 11) is -3.74. The maximum Gasteiger partial charge on any atom is 0.242 e. The van der Waals surface area contributed by atoms with Crippen LogP contribution in [-0.2, 0) is 14.8 Å². The van der Waals surface area contributed by atoms with Crippen LogP contribution in [0.15, 0.2) is 59.6 Å². The Morgan fingerprint density at radius 3 is 2.48 bits per heavy atom. The van der Waals surface area contributed by atoms with E-state index in [2.05, 4.69) is 15.0 Å². The molecule has 1 amide bonds. The number of nitrogens with one attached hydrogen (secondary N) is 2. The number of aryl methyl sites for hydroxylation is 1. The van der Waals surface area contributed by atoms with E-state index in [-0.39, 0.29) is 34.6 Å². The molecule has 0 saturated heterocycles. The number of aromatic nitrogens is 1. The molecule has 33 heavy (non-hydrogen) atoms. The minimum absolute atomic E-state index is 0.0539. The first-order valence-corrected chi connectivity index (χ1v) is 12.6. The van der Waals surface area contributed by atoms with Crippen molar-refractivity contribution >= 4 is 26.8 Å². The van der Waals surface area contributed by atoms with E-state index in [4.69, 9.17) is 0 Å². The van der Waals surface area contributed by atoms with Crippen LogP contribution >= 0.6 is 0 Å². The number of pyridine rings is 1. The van der Waals surface area contributed by atoms with Crippen LogP contribution in [0, 0.1) is 18.7 Å². The maximum atomic E-state index is 13.1. The number of fused-ring (bicyclic) bond motifs is 1. The van der Waals surface area contributed by atoms with Crippen LogP contribution in [0.2, 0.25) is 0 Å². The van der Waals surface area contributed by atoms with Gasteiger partial charge in [-0.1, -0.05) is 24.3 Å². The zero-order chi connectivity index (χ0) is 23.6. The van der Waals surface area contributed by atoms with Crippen molar-refractivity contribution in [3.8, 4) is 0 Å². The molecule has 1 aromatic heterocycles. The number of para-hydroxylation sites is 1. The van der Waals surface area contributed by atoms with Crippen LogP contribution in [-0.4, -0.2) is 25.4 Å². The van der Waals surface area contributed by atoms with E-state index < -0.39 is 10.0 Å². The maximum absolute atomic E-state index is 13.1. The van der Waals surface area contributed by atoms with E-state index in [9.17, 15) is 17.6 Å². The first-order chi connectivity index (χ1) is 15.7. The number of hydrogen-bond donors (Lipinski definition) is 2. The Labute approximate surface area is 193 Å². The molecule has 6 nitrogen and oxygen atoms in total. The summed E-state index contributed by atoms with van der Waals surface area (Å²) < 4.78 is 42.1. The normalized spacial score (nSPS) is 19.8. The Kier molecular flexibility index (Phi) is 6.76.